The van der Waals surface area contributed by atoms with Gasteiger partial charge in [0.2, 0.25) is 0 Å². The van der Waals surface area contributed by atoms with Crippen LogP contribution in [0.25, 0.3) is 11.2 Å². The van der Waals surface area contributed by atoms with Crippen LogP contribution in [0.15, 0.2) is 36.5 Å². The molecular weight excluding hydrogens is 366 g/mol. The quantitative estimate of drug-likeness (QED) is 0.725. The molecule has 152 valence electrons. The second kappa shape index (κ2) is 8.21. The van der Waals surface area contributed by atoms with Crippen LogP contribution in [0.4, 0.5) is 10.5 Å². The maximum Gasteiger partial charge on any atom is 0.321 e. The van der Waals surface area contributed by atoms with E-state index in [1.165, 1.54) is 0 Å². The number of benzene rings is 1. The summed E-state index contributed by atoms with van der Waals surface area (Å²) in [5, 5.41) is 3.04. The normalized spacial score (nSPS) is 15.1. The van der Waals surface area contributed by atoms with E-state index in [0.29, 0.717) is 19.7 Å². The number of urea groups is 1. The second-order valence-electron chi connectivity index (χ2n) is 7.70. The van der Waals surface area contributed by atoms with Gasteiger partial charge in [0.1, 0.15) is 17.9 Å². The fourth-order valence-corrected chi connectivity index (χ4v) is 4.17. The van der Waals surface area contributed by atoms with Gasteiger partial charge in [-0.05, 0) is 62.1 Å². The number of amides is 2. The molecule has 0 spiro atoms. The topological polar surface area (TPSA) is 72.3 Å². The predicted octanol–water partition coefficient (Wildman–Crippen LogP) is 4.06. The van der Waals surface area contributed by atoms with Gasteiger partial charge in [-0.1, -0.05) is 6.07 Å². The number of methoxy groups -OCH3 is 1. The number of hydrogen-bond donors (Lipinski definition) is 1. The molecule has 0 aliphatic carbocycles. The summed E-state index contributed by atoms with van der Waals surface area (Å²) < 4.78 is 7.54. The van der Waals surface area contributed by atoms with Gasteiger partial charge in [0.05, 0.1) is 0 Å². The molecule has 0 unspecified atom stereocenters. The molecule has 1 aliphatic heterocycles. The predicted molar refractivity (Wildman–Crippen MR) is 113 cm³/mol. The number of rotatable bonds is 4. The van der Waals surface area contributed by atoms with Gasteiger partial charge in [-0.15, -0.1) is 0 Å². The minimum absolute atomic E-state index is 0.0424. The van der Waals surface area contributed by atoms with Crippen molar-refractivity contribution in [3.05, 3.63) is 53.5 Å². The summed E-state index contributed by atoms with van der Waals surface area (Å²) in [6, 6.07) is 10.2. The van der Waals surface area contributed by atoms with Crippen molar-refractivity contribution < 1.29 is 9.53 Å². The molecular formula is C22H27N5O2. The molecule has 0 bridgehead atoms. The molecule has 1 saturated heterocycles. The lowest BCUT2D eigenvalue weighted by Crippen LogP contribution is -2.41. The van der Waals surface area contributed by atoms with E-state index in [0.717, 1.165) is 46.6 Å². The Hall–Kier alpha value is -2.93. The zero-order valence-corrected chi connectivity index (χ0v) is 17.2. The molecule has 3 aromatic rings. The average Bonchev–Trinajstić information content (AvgIpc) is 3.05. The minimum Gasteiger partial charge on any atom is -0.377 e. The average molecular weight is 393 g/mol. The van der Waals surface area contributed by atoms with Gasteiger partial charge in [-0.3, -0.25) is 0 Å². The van der Waals surface area contributed by atoms with Crippen molar-refractivity contribution >= 4 is 22.9 Å². The zero-order valence-electron chi connectivity index (χ0n) is 17.2. The first kappa shape index (κ1) is 19.4. The molecule has 2 aromatic heterocycles. The molecule has 1 aliphatic rings. The molecule has 4 rings (SSSR count). The van der Waals surface area contributed by atoms with E-state index < -0.39 is 0 Å². The fraction of sp³-hybridized carbons (Fsp3) is 0.409. The maximum atomic E-state index is 12.7. The second-order valence-corrected chi connectivity index (χ2v) is 7.70. The number of anilines is 1. The summed E-state index contributed by atoms with van der Waals surface area (Å²) in [6.07, 6.45) is 3.52. The summed E-state index contributed by atoms with van der Waals surface area (Å²) in [5.74, 6) is 0.888. The highest BCUT2D eigenvalue weighted by Gasteiger charge is 2.27. The Labute approximate surface area is 170 Å². The van der Waals surface area contributed by atoms with Gasteiger partial charge in [0.25, 0.3) is 0 Å². The van der Waals surface area contributed by atoms with Crippen LogP contribution in [0.1, 0.15) is 35.8 Å². The summed E-state index contributed by atoms with van der Waals surface area (Å²) in [7, 11) is 1.68. The molecule has 2 amide bonds. The number of imidazole rings is 1. The van der Waals surface area contributed by atoms with Gasteiger partial charge >= 0.3 is 6.03 Å². The van der Waals surface area contributed by atoms with Crippen molar-refractivity contribution in [2.75, 3.05) is 25.5 Å². The van der Waals surface area contributed by atoms with Crippen molar-refractivity contribution in [3.8, 4) is 0 Å². The fourth-order valence-electron chi connectivity index (χ4n) is 4.17. The molecule has 7 heteroatoms. The Morgan fingerprint density at radius 3 is 2.62 bits per heavy atom. The van der Waals surface area contributed by atoms with Gasteiger partial charge < -0.3 is 19.5 Å². The van der Waals surface area contributed by atoms with Crippen molar-refractivity contribution in [1.82, 2.24) is 19.4 Å². The number of hydrogen-bond acceptors (Lipinski definition) is 4. The highest BCUT2D eigenvalue weighted by Crippen LogP contribution is 2.28. The van der Waals surface area contributed by atoms with E-state index in [-0.39, 0.29) is 12.1 Å². The number of aromatic nitrogens is 3. The Balaban J connectivity index is 1.46. The minimum atomic E-state index is -0.0424. The maximum absolute atomic E-state index is 12.7. The SMILES string of the molecule is COCc1nc2cccnc2n1C1CCN(C(=O)Nc2cc(C)cc(C)c2)CC1. The first-order chi connectivity index (χ1) is 14.0. The number of pyridine rings is 1. The smallest absolute Gasteiger partial charge is 0.321 e. The van der Waals surface area contributed by atoms with E-state index in [2.05, 4.69) is 25.9 Å². The number of carbonyl (C=O) groups is 1. The zero-order chi connectivity index (χ0) is 20.4. The summed E-state index contributed by atoms with van der Waals surface area (Å²) in [5.41, 5.74) is 4.90. The molecule has 1 fully saturated rings. The van der Waals surface area contributed by atoms with Crippen LogP contribution in [0, 0.1) is 13.8 Å². The third-order valence-electron chi connectivity index (χ3n) is 5.39. The first-order valence-corrected chi connectivity index (χ1v) is 10.00. The van der Waals surface area contributed by atoms with Crippen molar-refractivity contribution in [1.29, 1.82) is 0 Å². The monoisotopic (exact) mass is 393 g/mol. The Kier molecular flexibility index (Phi) is 5.49. The Morgan fingerprint density at radius 1 is 1.21 bits per heavy atom. The number of nitrogens with one attached hydrogen (secondary N) is 1. The lowest BCUT2D eigenvalue weighted by atomic mass is 10.0. The highest BCUT2D eigenvalue weighted by atomic mass is 16.5. The Morgan fingerprint density at radius 2 is 1.93 bits per heavy atom. The summed E-state index contributed by atoms with van der Waals surface area (Å²) in [4.78, 5) is 23.8. The molecule has 7 nitrogen and oxygen atoms in total. The Bertz CT molecular complexity index is 1000. The molecule has 29 heavy (non-hydrogen) atoms. The number of piperidine rings is 1. The van der Waals surface area contributed by atoms with Crippen molar-refractivity contribution in [2.45, 2.75) is 39.3 Å². The molecule has 1 N–H and O–H groups in total. The van der Waals surface area contributed by atoms with Crippen LogP contribution in [0.2, 0.25) is 0 Å². The van der Waals surface area contributed by atoms with Gasteiger partial charge in [0, 0.05) is 38.1 Å². The summed E-state index contributed by atoms with van der Waals surface area (Å²) in [6.45, 7) is 5.91. The van der Waals surface area contributed by atoms with Crippen LogP contribution in [0.5, 0.6) is 0 Å². The number of fused-ring (bicyclic) bond motifs is 1. The number of ether oxygens (including phenoxy) is 1. The molecule has 3 heterocycles. The van der Waals surface area contributed by atoms with Crippen LogP contribution < -0.4 is 5.32 Å². The van der Waals surface area contributed by atoms with Gasteiger partial charge in [-0.2, -0.15) is 0 Å². The molecule has 0 saturated carbocycles. The lowest BCUT2D eigenvalue weighted by Gasteiger charge is -2.33. The lowest BCUT2D eigenvalue weighted by molar-refractivity contribution is 0.162. The third-order valence-corrected chi connectivity index (χ3v) is 5.39. The van der Waals surface area contributed by atoms with Crippen molar-refractivity contribution in [3.63, 3.8) is 0 Å². The van der Waals surface area contributed by atoms with Crippen molar-refractivity contribution in [2.24, 2.45) is 0 Å². The van der Waals surface area contributed by atoms with E-state index >= 15 is 0 Å². The highest BCUT2D eigenvalue weighted by molar-refractivity contribution is 5.89. The first-order valence-electron chi connectivity index (χ1n) is 10.00. The van der Waals surface area contributed by atoms with E-state index in [1.54, 1.807) is 13.3 Å². The molecule has 0 atom stereocenters. The van der Waals surface area contributed by atoms with Crippen LogP contribution in [-0.4, -0.2) is 45.7 Å². The molecule has 1 aromatic carbocycles. The van der Waals surface area contributed by atoms with Crippen LogP contribution >= 0.6 is 0 Å². The van der Waals surface area contributed by atoms with E-state index in [4.69, 9.17) is 4.74 Å². The number of aryl methyl sites for hydroxylation is 2. The van der Waals surface area contributed by atoms with Gasteiger partial charge in [0.15, 0.2) is 5.65 Å². The number of likely N-dealkylation sites (tertiary alicyclic amines) is 1. The van der Waals surface area contributed by atoms with E-state index in [9.17, 15) is 4.79 Å². The third kappa shape index (κ3) is 4.10. The largest absolute Gasteiger partial charge is 0.377 e. The molecule has 0 radical (unpaired) electrons. The van der Waals surface area contributed by atoms with E-state index in [1.807, 2.05) is 43.0 Å². The summed E-state index contributed by atoms with van der Waals surface area (Å²) >= 11 is 0. The number of nitrogens with zero attached hydrogens (tertiary/aromatic N) is 4. The number of carbonyl (C=O) groups excluding carboxylic acids is 1. The van der Waals surface area contributed by atoms with Crippen LogP contribution in [-0.2, 0) is 11.3 Å². The standard InChI is InChI=1S/C22H27N5O2/c1-15-11-16(2)13-17(12-15)24-22(28)26-9-6-18(7-10-26)27-20(14-29-3)25-19-5-4-8-23-21(19)27/h4-5,8,11-13,18H,6-7,9-10,14H2,1-3H3,(H,24,28). The van der Waals surface area contributed by atoms with Gasteiger partial charge in [-0.25, -0.2) is 14.8 Å². The van der Waals surface area contributed by atoms with Crippen LogP contribution in [0.3, 0.4) is 0 Å².